The van der Waals surface area contributed by atoms with Crippen molar-refractivity contribution in [1.29, 1.82) is 0 Å². The van der Waals surface area contributed by atoms with Crippen molar-refractivity contribution in [2.45, 2.75) is 133 Å². The van der Waals surface area contributed by atoms with Gasteiger partial charge in [-0.15, -0.1) is 0 Å². The number of nitrogens with one attached hydrogen (secondary N) is 4. The summed E-state index contributed by atoms with van der Waals surface area (Å²) in [5.41, 5.74) is 12.5. The minimum absolute atomic E-state index is 0.142. The minimum atomic E-state index is -0.901. The molecule has 1 aromatic heterocycles. The van der Waals surface area contributed by atoms with E-state index in [1.165, 1.54) is 69.4 Å². The number of rotatable bonds is 23. The van der Waals surface area contributed by atoms with Gasteiger partial charge in [0.05, 0.1) is 10.5 Å². The Bertz CT molecular complexity index is 2820. The zero-order valence-electron chi connectivity index (χ0n) is 44.1. The third-order valence-electron chi connectivity index (χ3n) is 17.5. The van der Waals surface area contributed by atoms with Crippen LogP contribution >= 0.6 is 11.6 Å². The van der Waals surface area contributed by atoms with Crippen molar-refractivity contribution in [1.82, 2.24) is 30.6 Å². The summed E-state index contributed by atoms with van der Waals surface area (Å²) in [7, 11) is 2.03. The lowest BCUT2D eigenvalue weighted by Crippen LogP contribution is -2.53. The molecule has 3 fully saturated rings. The third kappa shape index (κ3) is 10.9. The molecule has 3 heterocycles. The van der Waals surface area contributed by atoms with Gasteiger partial charge in [0.15, 0.2) is 11.4 Å². The van der Waals surface area contributed by atoms with Gasteiger partial charge >= 0.3 is 0 Å². The predicted molar refractivity (Wildman–Crippen MR) is 302 cm³/mol. The van der Waals surface area contributed by atoms with E-state index in [4.69, 9.17) is 27.2 Å². The highest BCUT2D eigenvalue weighted by Gasteiger charge is 2.51. The van der Waals surface area contributed by atoms with Crippen LogP contribution in [-0.4, -0.2) is 59.5 Å². The van der Waals surface area contributed by atoms with Crippen LogP contribution in [0.25, 0.3) is 27.7 Å². The molecule has 2 saturated carbocycles. The minimum Gasteiger partial charge on any atom is -0.480 e. The normalized spacial score (nSPS) is 23.9. The summed E-state index contributed by atoms with van der Waals surface area (Å²) in [6.07, 6.45) is 18.8. The summed E-state index contributed by atoms with van der Waals surface area (Å²) in [5, 5.41) is 19.7. The molecule has 4 aromatic carbocycles. The number of hydrogen-bond donors (Lipinski definition) is 5. The molecule has 9 nitrogen and oxygen atoms in total. The zero-order valence-corrected chi connectivity index (χ0v) is 44.9. The number of ether oxygens (including phenoxy) is 1. The Balaban J connectivity index is 0.810. The summed E-state index contributed by atoms with van der Waals surface area (Å²) in [5.74, 6) is 1.04. The van der Waals surface area contributed by atoms with Crippen LogP contribution in [0.15, 0.2) is 111 Å². The number of anilines is 1. The number of likely N-dealkylation sites (tertiary alicyclic amines) is 1. The molecule has 2 aliphatic heterocycles. The molecule has 0 amide bonds. The SMILES string of the molecule is C=CNCCC(=C)Nc1nn(C)c2cc(C3CCN(C4CC(CCNC=C)(CCC5CCC(NCC6(c7ccccc7)Oc7cc(F)c(Cl)c(-c8c(C(=C)N)ccc(CCC)c8F)c7C6C)CC5)C4)CC3)ccc12. The average Bonchev–Trinajstić information content (AvgIpc) is 3.86. The molecular formula is C62H79ClF2N8O. The molecule has 0 spiro atoms. The van der Waals surface area contributed by atoms with E-state index in [1.807, 2.05) is 43.1 Å². The first-order valence-electron chi connectivity index (χ1n) is 27.4. The van der Waals surface area contributed by atoms with Crippen LogP contribution in [0.1, 0.15) is 137 Å². The van der Waals surface area contributed by atoms with E-state index in [-0.39, 0.29) is 22.2 Å². The van der Waals surface area contributed by atoms with Crippen molar-refractivity contribution < 1.29 is 13.5 Å². The van der Waals surface area contributed by atoms with Crippen molar-refractivity contribution in [3.63, 3.8) is 0 Å². The van der Waals surface area contributed by atoms with E-state index >= 15 is 8.78 Å². The summed E-state index contributed by atoms with van der Waals surface area (Å²) in [6, 6.07) is 22.9. The van der Waals surface area contributed by atoms with E-state index in [0.717, 1.165) is 79.8 Å². The van der Waals surface area contributed by atoms with Crippen molar-refractivity contribution >= 4 is 34.0 Å². The Morgan fingerprint density at radius 2 is 1.65 bits per heavy atom. The standard InChI is InChI=1S/C62H79ClF2N8O/c1-8-14-45-19-23-50(42(6)66)56(59(45)65)57-55-41(5)62(47-15-12-11-13-16-47,74-54(55)36-52(64)58(57)63)39-69-48-21-17-43(18-22-48)25-29-61(30-32-68-10-3)37-49(38-61)73-33-27-44(28-34-73)46-20-24-51-53(35-46)72(7)71-60(51)70-40(4)26-31-67-9-2/h9-13,15-16,19-20,23-24,35-36,41,43-44,48-49,67-69H,2-4,6,8,14,17-18,21-22,25-34,37-39,66H2,1,5,7H3,(H,70,71). The Morgan fingerprint density at radius 3 is 2.35 bits per heavy atom. The van der Waals surface area contributed by atoms with Crippen LogP contribution in [0.2, 0.25) is 5.02 Å². The molecule has 12 heteroatoms. The molecule has 6 N–H and O–H groups in total. The monoisotopic (exact) mass is 1020 g/mol. The first-order valence-corrected chi connectivity index (χ1v) is 27.8. The zero-order chi connectivity index (χ0) is 52.1. The van der Waals surface area contributed by atoms with E-state index in [1.54, 1.807) is 18.3 Å². The van der Waals surface area contributed by atoms with Gasteiger partial charge in [-0.05, 0) is 149 Å². The number of nitrogens with two attached hydrogens (primary N) is 1. The van der Waals surface area contributed by atoms with Crippen molar-refractivity contribution in [3.05, 3.63) is 156 Å². The molecule has 9 rings (SSSR count). The van der Waals surface area contributed by atoms with Gasteiger partial charge in [-0.1, -0.05) is 107 Å². The number of halogens is 3. The van der Waals surface area contributed by atoms with E-state index in [9.17, 15) is 0 Å². The van der Waals surface area contributed by atoms with Gasteiger partial charge < -0.3 is 36.6 Å². The van der Waals surface area contributed by atoms with Crippen LogP contribution in [0, 0.1) is 23.0 Å². The van der Waals surface area contributed by atoms with Crippen LogP contribution in [0.4, 0.5) is 14.6 Å². The highest BCUT2D eigenvalue weighted by molar-refractivity contribution is 6.34. The summed E-state index contributed by atoms with van der Waals surface area (Å²) < 4.78 is 41.7. The fourth-order valence-corrected chi connectivity index (χ4v) is 13.5. The quantitative estimate of drug-likeness (QED) is 0.0412. The average molecular weight is 1030 g/mol. The molecule has 1 saturated heterocycles. The highest BCUT2D eigenvalue weighted by atomic mass is 35.5. The number of fused-ring (bicyclic) bond motifs is 2. The largest absolute Gasteiger partial charge is 0.480 e. The molecule has 0 bridgehead atoms. The topological polar surface area (TPSA) is 104 Å². The Morgan fingerprint density at radius 1 is 0.919 bits per heavy atom. The molecule has 2 unspecified atom stereocenters. The van der Waals surface area contributed by atoms with E-state index in [2.05, 4.69) is 89.7 Å². The van der Waals surface area contributed by atoms with Crippen molar-refractivity contribution in [2.24, 2.45) is 24.1 Å². The first-order chi connectivity index (χ1) is 35.8. The molecule has 5 aromatic rings. The number of benzene rings is 4. The number of aromatic nitrogens is 2. The maximum atomic E-state index is 16.7. The van der Waals surface area contributed by atoms with E-state index < -0.39 is 17.2 Å². The fourth-order valence-electron chi connectivity index (χ4n) is 13.2. The van der Waals surface area contributed by atoms with Crippen molar-refractivity contribution in [2.75, 3.05) is 38.0 Å². The van der Waals surface area contributed by atoms with Crippen LogP contribution in [-0.2, 0) is 19.1 Å². The summed E-state index contributed by atoms with van der Waals surface area (Å²) >= 11 is 6.91. The van der Waals surface area contributed by atoms with Gasteiger partial charge in [-0.25, -0.2) is 8.78 Å². The Hall–Kier alpha value is -5.62. The lowest BCUT2D eigenvalue weighted by atomic mass is 9.59. The molecule has 0 radical (unpaired) electrons. The number of piperidine rings is 1. The number of aryl methyl sites for hydroxylation is 2. The molecule has 2 atom stereocenters. The van der Waals surface area contributed by atoms with Crippen LogP contribution in [0.5, 0.6) is 5.75 Å². The lowest BCUT2D eigenvalue weighted by Gasteiger charge is -2.54. The van der Waals surface area contributed by atoms with Gasteiger partial charge in [0.1, 0.15) is 17.4 Å². The maximum Gasteiger partial charge on any atom is 0.160 e. The molecule has 2 aliphatic carbocycles. The third-order valence-corrected chi connectivity index (χ3v) is 17.9. The maximum absolute atomic E-state index is 16.7. The smallest absolute Gasteiger partial charge is 0.160 e. The fraction of sp³-hybridized carbons (Fsp3) is 0.468. The molecule has 74 heavy (non-hydrogen) atoms. The number of hydrogen-bond acceptors (Lipinski definition) is 8. The van der Waals surface area contributed by atoms with Crippen LogP contribution < -0.4 is 31.7 Å². The van der Waals surface area contributed by atoms with Gasteiger partial charge in [-0.2, -0.15) is 5.10 Å². The Labute approximate surface area is 444 Å². The molecule has 4 aliphatic rings. The van der Waals surface area contributed by atoms with Gasteiger partial charge in [0, 0.05) is 96.2 Å². The summed E-state index contributed by atoms with van der Waals surface area (Å²) in [4.78, 5) is 2.79. The summed E-state index contributed by atoms with van der Waals surface area (Å²) in [6.45, 7) is 24.5. The second-order valence-electron chi connectivity index (χ2n) is 22.1. The van der Waals surface area contributed by atoms with Crippen LogP contribution in [0.3, 0.4) is 0 Å². The predicted octanol–water partition coefficient (Wildman–Crippen LogP) is 13.6. The second-order valence-corrected chi connectivity index (χ2v) is 22.5. The van der Waals surface area contributed by atoms with Gasteiger partial charge in [0.2, 0.25) is 0 Å². The highest BCUT2D eigenvalue weighted by Crippen LogP contribution is 2.57. The first kappa shape index (κ1) is 53.2. The van der Waals surface area contributed by atoms with Gasteiger partial charge in [-0.3, -0.25) is 4.68 Å². The lowest BCUT2D eigenvalue weighted by molar-refractivity contribution is -0.0256. The Kier molecular flexibility index (Phi) is 16.6. The van der Waals surface area contributed by atoms with Crippen molar-refractivity contribution in [3.8, 4) is 16.9 Å². The molecular weight excluding hydrogens is 946 g/mol. The number of nitrogens with zero attached hydrogens (tertiary/aromatic N) is 3. The van der Waals surface area contributed by atoms with Gasteiger partial charge in [0.25, 0.3) is 0 Å². The molecule has 394 valence electrons. The van der Waals surface area contributed by atoms with E-state index in [0.29, 0.717) is 70.3 Å². The second kappa shape index (κ2) is 23.1.